The van der Waals surface area contributed by atoms with Gasteiger partial charge in [0, 0.05) is 18.9 Å². The van der Waals surface area contributed by atoms with Gasteiger partial charge in [0.15, 0.2) is 0 Å². The molecule has 0 radical (unpaired) electrons. The first-order valence-corrected chi connectivity index (χ1v) is 6.39. The van der Waals surface area contributed by atoms with Crippen molar-refractivity contribution in [1.29, 1.82) is 5.26 Å². The quantitative estimate of drug-likeness (QED) is 0.888. The van der Waals surface area contributed by atoms with Crippen LogP contribution in [0.3, 0.4) is 0 Å². The Labute approximate surface area is 113 Å². The third kappa shape index (κ3) is 3.64. The summed E-state index contributed by atoms with van der Waals surface area (Å²) in [5, 5.41) is 12.3. The van der Waals surface area contributed by atoms with Crippen LogP contribution in [0, 0.1) is 17.2 Å². The summed E-state index contributed by atoms with van der Waals surface area (Å²) in [6.45, 7) is 2.58. The zero-order chi connectivity index (χ0) is 13.5. The Kier molecular flexibility index (Phi) is 4.66. The molecule has 1 aromatic heterocycles. The van der Waals surface area contributed by atoms with Crippen LogP contribution in [-0.4, -0.2) is 11.5 Å². The Hall–Kier alpha value is -2.18. The first-order chi connectivity index (χ1) is 9.31. The zero-order valence-electron chi connectivity index (χ0n) is 11.0. The van der Waals surface area contributed by atoms with Gasteiger partial charge in [-0.25, -0.2) is 0 Å². The van der Waals surface area contributed by atoms with E-state index in [4.69, 9.17) is 5.26 Å². The molecule has 1 aromatic carbocycles. The lowest BCUT2D eigenvalue weighted by molar-refractivity contribution is 0.548. The van der Waals surface area contributed by atoms with Gasteiger partial charge in [-0.1, -0.05) is 30.3 Å². The molecule has 0 fully saturated rings. The van der Waals surface area contributed by atoms with E-state index >= 15 is 0 Å². The average Bonchev–Trinajstić information content (AvgIpc) is 2.49. The van der Waals surface area contributed by atoms with E-state index in [9.17, 15) is 0 Å². The van der Waals surface area contributed by atoms with Gasteiger partial charge >= 0.3 is 0 Å². The van der Waals surface area contributed by atoms with Crippen LogP contribution in [0.1, 0.15) is 24.1 Å². The summed E-state index contributed by atoms with van der Waals surface area (Å²) in [5.74, 6) is -0.00644. The topological polar surface area (TPSA) is 48.7 Å². The van der Waals surface area contributed by atoms with Crippen LogP contribution in [-0.2, 0) is 0 Å². The molecular weight excluding hydrogens is 234 g/mol. The highest BCUT2D eigenvalue weighted by Gasteiger charge is 2.14. The lowest BCUT2D eigenvalue weighted by Gasteiger charge is -2.20. The summed E-state index contributed by atoms with van der Waals surface area (Å²) in [7, 11) is 0. The molecule has 0 aliphatic rings. The molecule has 2 unspecified atom stereocenters. The molecule has 0 spiro atoms. The first kappa shape index (κ1) is 13.3. The molecule has 2 aromatic rings. The number of nitrogens with one attached hydrogen (secondary N) is 1. The lowest BCUT2D eigenvalue weighted by atomic mass is 9.99. The van der Waals surface area contributed by atoms with Crippen molar-refractivity contribution in [3.8, 4) is 6.07 Å². The van der Waals surface area contributed by atoms with Crippen molar-refractivity contribution in [1.82, 2.24) is 10.3 Å². The predicted octanol–water partition coefficient (Wildman–Crippen LogP) is 2.92. The second-order valence-corrected chi connectivity index (χ2v) is 4.56. The molecule has 3 nitrogen and oxygen atoms in total. The molecule has 3 heteroatoms. The fraction of sp³-hybridized carbons (Fsp3) is 0.250. The Morgan fingerprint density at radius 3 is 2.37 bits per heavy atom. The van der Waals surface area contributed by atoms with E-state index in [1.54, 1.807) is 12.4 Å². The maximum Gasteiger partial charge on any atom is 0.0666 e. The summed E-state index contributed by atoms with van der Waals surface area (Å²) in [4.78, 5) is 4.05. The minimum absolute atomic E-state index is 0.00644. The van der Waals surface area contributed by atoms with Crippen LogP contribution in [0.15, 0.2) is 54.9 Å². The molecular formula is C16H17N3. The minimum Gasteiger partial charge on any atom is -0.305 e. The largest absolute Gasteiger partial charge is 0.305 e. The number of hydrogen-bond acceptors (Lipinski definition) is 3. The van der Waals surface area contributed by atoms with Crippen molar-refractivity contribution in [3.05, 3.63) is 66.0 Å². The van der Waals surface area contributed by atoms with Crippen molar-refractivity contribution in [2.45, 2.75) is 13.0 Å². The third-order valence-electron chi connectivity index (χ3n) is 3.02. The summed E-state index contributed by atoms with van der Waals surface area (Å²) in [5.41, 5.74) is 2.35. The minimum atomic E-state index is -0.00644. The van der Waals surface area contributed by atoms with Crippen molar-refractivity contribution in [2.75, 3.05) is 6.54 Å². The van der Waals surface area contributed by atoms with Gasteiger partial charge in [0.05, 0.1) is 18.0 Å². The van der Waals surface area contributed by atoms with Crippen LogP contribution in [0.25, 0.3) is 0 Å². The number of pyridine rings is 1. The van der Waals surface area contributed by atoms with E-state index in [1.165, 1.54) is 5.56 Å². The maximum atomic E-state index is 8.89. The summed E-state index contributed by atoms with van der Waals surface area (Å²) in [6, 6.07) is 16.6. The van der Waals surface area contributed by atoms with Gasteiger partial charge in [-0.2, -0.15) is 5.26 Å². The van der Waals surface area contributed by atoms with Crippen LogP contribution in [0.4, 0.5) is 0 Å². The molecule has 1 N–H and O–H groups in total. The predicted molar refractivity (Wildman–Crippen MR) is 75.3 cm³/mol. The molecule has 0 aliphatic heterocycles. The van der Waals surface area contributed by atoms with E-state index in [2.05, 4.69) is 28.5 Å². The van der Waals surface area contributed by atoms with Gasteiger partial charge in [0.2, 0.25) is 0 Å². The number of hydrogen-bond donors (Lipinski definition) is 1. The van der Waals surface area contributed by atoms with Gasteiger partial charge < -0.3 is 5.32 Å². The van der Waals surface area contributed by atoms with E-state index in [1.807, 2.05) is 37.3 Å². The van der Waals surface area contributed by atoms with E-state index < -0.39 is 0 Å². The summed E-state index contributed by atoms with van der Waals surface area (Å²) in [6.07, 6.45) is 3.58. The van der Waals surface area contributed by atoms with E-state index in [0.717, 1.165) is 5.56 Å². The normalized spacial score (nSPS) is 13.5. The fourth-order valence-electron chi connectivity index (χ4n) is 1.97. The van der Waals surface area contributed by atoms with Gasteiger partial charge in [0.1, 0.15) is 0 Å². The average molecular weight is 251 g/mol. The first-order valence-electron chi connectivity index (χ1n) is 6.39. The molecule has 0 saturated heterocycles. The standard InChI is InChI=1S/C16H17N3/c1-13(11-17)12-19-16(14-5-3-2-4-6-14)15-7-9-18-10-8-15/h2-10,13,16,19H,12H2,1H3. The third-order valence-corrected chi connectivity index (χ3v) is 3.02. The smallest absolute Gasteiger partial charge is 0.0666 e. The zero-order valence-corrected chi connectivity index (χ0v) is 11.0. The van der Waals surface area contributed by atoms with Crippen LogP contribution >= 0.6 is 0 Å². The molecule has 96 valence electrons. The van der Waals surface area contributed by atoms with E-state index in [-0.39, 0.29) is 12.0 Å². The highest BCUT2D eigenvalue weighted by Crippen LogP contribution is 2.21. The Morgan fingerprint density at radius 2 is 1.74 bits per heavy atom. The second-order valence-electron chi connectivity index (χ2n) is 4.56. The van der Waals surface area contributed by atoms with Gasteiger partial charge in [-0.15, -0.1) is 0 Å². The molecule has 0 saturated carbocycles. The number of nitrogens with zero attached hydrogens (tertiary/aromatic N) is 2. The van der Waals surface area contributed by atoms with Gasteiger partial charge in [-0.3, -0.25) is 4.98 Å². The number of rotatable bonds is 5. The maximum absolute atomic E-state index is 8.89. The Bertz CT molecular complexity index is 491. The lowest BCUT2D eigenvalue weighted by Crippen LogP contribution is -2.26. The van der Waals surface area contributed by atoms with Crippen molar-refractivity contribution in [2.24, 2.45) is 5.92 Å². The SMILES string of the molecule is CC(C#N)CNC(c1ccccc1)c1ccncc1. The van der Waals surface area contributed by atoms with Crippen LogP contribution in [0.5, 0.6) is 0 Å². The Morgan fingerprint density at radius 1 is 1.11 bits per heavy atom. The molecule has 2 atom stereocenters. The Balaban J connectivity index is 2.22. The number of benzene rings is 1. The molecule has 0 aliphatic carbocycles. The summed E-state index contributed by atoms with van der Waals surface area (Å²) >= 11 is 0. The highest BCUT2D eigenvalue weighted by atomic mass is 14.9. The number of nitriles is 1. The highest BCUT2D eigenvalue weighted by molar-refractivity contribution is 5.30. The molecule has 0 amide bonds. The van der Waals surface area contributed by atoms with Crippen molar-refractivity contribution >= 4 is 0 Å². The van der Waals surface area contributed by atoms with Crippen molar-refractivity contribution < 1.29 is 0 Å². The van der Waals surface area contributed by atoms with Crippen LogP contribution in [0.2, 0.25) is 0 Å². The molecule has 2 rings (SSSR count). The van der Waals surface area contributed by atoms with Gasteiger partial charge in [-0.05, 0) is 30.2 Å². The van der Waals surface area contributed by atoms with Crippen LogP contribution < -0.4 is 5.32 Å². The van der Waals surface area contributed by atoms with Crippen molar-refractivity contribution in [3.63, 3.8) is 0 Å². The molecule has 0 bridgehead atoms. The molecule has 1 heterocycles. The second kappa shape index (κ2) is 6.67. The van der Waals surface area contributed by atoms with E-state index in [0.29, 0.717) is 6.54 Å². The fourth-order valence-corrected chi connectivity index (χ4v) is 1.97. The summed E-state index contributed by atoms with van der Waals surface area (Å²) < 4.78 is 0. The monoisotopic (exact) mass is 251 g/mol. The van der Waals surface area contributed by atoms with Gasteiger partial charge in [0.25, 0.3) is 0 Å². The number of aromatic nitrogens is 1. The molecule has 19 heavy (non-hydrogen) atoms.